The molecule has 0 aliphatic rings. The van der Waals surface area contributed by atoms with Gasteiger partial charge in [-0.15, -0.1) is 0 Å². The lowest BCUT2D eigenvalue weighted by Crippen LogP contribution is -2.51. The fourth-order valence-electron chi connectivity index (χ4n) is 0. The average Bonchev–Trinajstić information content (AvgIpc) is 1.37. The van der Waals surface area contributed by atoms with Crippen LogP contribution in [0.3, 0.4) is 0 Å². The number of isocyanates is 1. The molecular weight excluding hydrogens is 74.1 g/mol. The van der Waals surface area contributed by atoms with Gasteiger partial charge < -0.3 is 0 Å². The second-order valence-corrected chi connectivity index (χ2v) is 0.437. The summed E-state index contributed by atoms with van der Waals surface area (Å²) < 4.78 is 1.82. The molecule has 0 unspecified atom stereocenters. The molecule has 0 radical (unpaired) electrons. The first-order chi connectivity index (χ1) is 1.91. The van der Waals surface area contributed by atoms with Crippen LogP contribution in [-0.2, 0) is 4.79 Å². The summed E-state index contributed by atoms with van der Waals surface area (Å²) in [7, 11) is 0. The van der Waals surface area contributed by atoms with Crippen molar-refractivity contribution in [2.75, 3.05) is 0 Å². The van der Waals surface area contributed by atoms with E-state index in [4.69, 9.17) is 4.79 Å². The van der Waals surface area contributed by atoms with E-state index in [1.807, 2.05) is 4.40 Å². The second kappa shape index (κ2) is 2.73. The van der Waals surface area contributed by atoms with Crippen molar-refractivity contribution in [3.63, 3.8) is 0 Å². The molecule has 2 nitrogen and oxygen atoms in total. The van der Waals surface area contributed by atoms with E-state index in [9.17, 15) is 0 Å². The van der Waals surface area contributed by atoms with Gasteiger partial charge in [0, 0.05) is 0 Å². The van der Waals surface area contributed by atoms with Gasteiger partial charge in [-0.05, 0) is 0 Å². The number of thiol groups is 1. The van der Waals surface area contributed by atoms with Crippen molar-refractivity contribution >= 4 is 18.9 Å². The molecule has 0 aromatic heterocycles. The van der Waals surface area contributed by atoms with Crippen molar-refractivity contribution in [2.24, 2.45) is 0 Å². The van der Waals surface area contributed by atoms with E-state index >= 15 is 0 Å². The zero-order valence-corrected chi connectivity index (χ0v) is 2.75. The van der Waals surface area contributed by atoms with Crippen LogP contribution < -0.4 is 4.40 Å². The number of rotatable bonds is 0. The largest absolute Gasteiger partial charge is 0.436 e. The molecule has 0 atom stereocenters. The third-order valence-corrected chi connectivity index (χ3v) is 0.137. The minimum atomic E-state index is 1.29. The molecule has 0 amide bonds. The number of carbonyl (C=O) groups excluding carboxylic acids is 1. The highest BCUT2D eigenvalue weighted by atomic mass is 32.1. The van der Waals surface area contributed by atoms with Crippen LogP contribution in [0.2, 0.25) is 0 Å². The second-order valence-electron chi connectivity index (χ2n) is 0.214. The fraction of sp³-hybridized carbons (Fsp3) is 0. The molecule has 0 heterocycles. The maximum absolute atomic E-state index is 8.86. The summed E-state index contributed by atoms with van der Waals surface area (Å²) in [5.74, 6) is 0. The van der Waals surface area contributed by atoms with Crippen LogP contribution in [0, 0.1) is 0 Å². The van der Waals surface area contributed by atoms with Gasteiger partial charge >= 0.3 is 6.08 Å². The van der Waals surface area contributed by atoms with Crippen molar-refractivity contribution in [3.05, 3.63) is 0 Å². The first-order valence-electron chi connectivity index (χ1n) is 0.678. The Morgan fingerprint density at radius 3 is 2.25 bits per heavy atom. The van der Waals surface area contributed by atoms with Gasteiger partial charge in [0.05, 0.1) is 0 Å². The zero-order chi connectivity index (χ0) is 3.41. The van der Waals surface area contributed by atoms with E-state index in [-0.39, 0.29) is 0 Å². The van der Waals surface area contributed by atoms with Crippen LogP contribution in [0.1, 0.15) is 0 Å². The first kappa shape index (κ1) is 3.73. The topological polar surface area (TPSA) is 31.0 Å². The molecule has 0 saturated heterocycles. The maximum atomic E-state index is 8.86. The van der Waals surface area contributed by atoms with E-state index in [1.165, 1.54) is 6.08 Å². The summed E-state index contributed by atoms with van der Waals surface area (Å²) >= 11 is 3.25. The van der Waals surface area contributed by atoms with Crippen LogP contribution in [-0.4, -0.2) is 6.08 Å². The van der Waals surface area contributed by atoms with Crippen LogP contribution in [0.25, 0.3) is 0 Å². The Morgan fingerprint density at radius 2 is 2.25 bits per heavy atom. The lowest BCUT2D eigenvalue weighted by Gasteiger charge is -1.23. The van der Waals surface area contributed by atoms with Gasteiger partial charge in [-0.25, -0.2) is 0 Å². The monoisotopic (exact) mass is 76.0 g/mol. The molecule has 0 aliphatic heterocycles. The standard InChI is InChI=1S/CHNOS/c3-1-2-4/h4H/p+1. The highest BCUT2D eigenvalue weighted by molar-refractivity contribution is 7.72. The zero-order valence-electron chi connectivity index (χ0n) is 1.86. The third-order valence-electron chi connectivity index (χ3n) is 0.0456. The predicted octanol–water partition coefficient (Wildman–Crippen LogP) is -1.75. The quantitative estimate of drug-likeness (QED) is 0.200. The van der Waals surface area contributed by atoms with Gasteiger partial charge in [-0.2, -0.15) is 4.79 Å². The lowest BCUT2D eigenvalue weighted by atomic mass is 11.7. The SMILES string of the molecule is O=C=[NH+]S. The molecule has 0 aromatic rings. The molecule has 0 rings (SSSR count). The summed E-state index contributed by atoms with van der Waals surface area (Å²) in [5, 5.41) is 0. The summed E-state index contributed by atoms with van der Waals surface area (Å²) in [4.78, 5) is 8.86. The molecule has 4 heavy (non-hydrogen) atoms. The normalized spacial score (nSPS) is 4.25. The van der Waals surface area contributed by atoms with E-state index in [0.717, 1.165) is 0 Å². The minimum Gasteiger partial charge on any atom is -0.158 e. The Labute approximate surface area is 29.1 Å². The van der Waals surface area contributed by atoms with Crippen molar-refractivity contribution < 1.29 is 9.19 Å². The van der Waals surface area contributed by atoms with Crippen molar-refractivity contribution in [3.8, 4) is 0 Å². The number of nitrogens with one attached hydrogen (secondary N) is 1. The van der Waals surface area contributed by atoms with E-state index < -0.39 is 0 Å². The van der Waals surface area contributed by atoms with E-state index in [1.54, 1.807) is 0 Å². The van der Waals surface area contributed by atoms with Crippen LogP contribution in [0.4, 0.5) is 0 Å². The summed E-state index contributed by atoms with van der Waals surface area (Å²) in [5.41, 5.74) is 0. The Balaban J connectivity index is 3.11. The molecule has 0 spiro atoms. The summed E-state index contributed by atoms with van der Waals surface area (Å²) in [6.45, 7) is 0. The molecule has 3 heteroatoms. The molecule has 0 saturated carbocycles. The average molecular weight is 76.1 g/mol. The van der Waals surface area contributed by atoms with Gasteiger partial charge in [0.2, 0.25) is 0 Å². The van der Waals surface area contributed by atoms with Gasteiger partial charge in [0.15, 0.2) is 12.8 Å². The third kappa shape index (κ3) is 1.73. The van der Waals surface area contributed by atoms with E-state index in [0.29, 0.717) is 0 Å². The summed E-state index contributed by atoms with van der Waals surface area (Å²) in [6.07, 6.45) is 1.29. The number of hydrogen-bond acceptors (Lipinski definition) is 2. The molecule has 22 valence electrons. The molecule has 1 N–H and O–H groups in total. The van der Waals surface area contributed by atoms with Crippen LogP contribution >= 0.6 is 12.8 Å². The Hall–Kier alpha value is -0.270. The van der Waals surface area contributed by atoms with Crippen molar-refractivity contribution in [1.29, 1.82) is 0 Å². The summed E-state index contributed by atoms with van der Waals surface area (Å²) in [6, 6.07) is 0. The Kier molecular flexibility index (Phi) is 2.55. The predicted molar refractivity (Wildman–Crippen MR) is 15.6 cm³/mol. The fourth-order valence-corrected chi connectivity index (χ4v) is 0. The van der Waals surface area contributed by atoms with Crippen molar-refractivity contribution in [1.82, 2.24) is 0 Å². The minimum absolute atomic E-state index is 1.29. The Bertz CT molecular complexity index is 46.0. The molecule has 0 aromatic carbocycles. The smallest absolute Gasteiger partial charge is 0.158 e. The highest BCUT2D eigenvalue weighted by Gasteiger charge is 1.43. The van der Waals surface area contributed by atoms with Gasteiger partial charge in [-0.3, -0.25) is 0 Å². The van der Waals surface area contributed by atoms with Gasteiger partial charge in [0.1, 0.15) is 0 Å². The molecular formula is CH2NOS+. The van der Waals surface area contributed by atoms with Crippen LogP contribution in [0.5, 0.6) is 0 Å². The molecule has 0 bridgehead atoms. The highest BCUT2D eigenvalue weighted by Crippen LogP contribution is 1.06. The molecule has 0 aliphatic carbocycles. The van der Waals surface area contributed by atoms with Crippen molar-refractivity contribution in [2.45, 2.75) is 0 Å². The first-order valence-corrected chi connectivity index (χ1v) is 1.12. The Morgan fingerprint density at radius 1 is 2.00 bits per heavy atom. The molecule has 0 fully saturated rings. The van der Waals surface area contributed by atoms with E-state index in [2.05, 4.69) is 12.8 Å². The lowest BCUT2D eigenvalue weighted by molar-refractivity contribution is -0.234. The van der Waals surface area contributed by atoms with Gasteiger partial charge in [-0.1, -0.05) is 4.40 Å². The number of hydrogen-bond donors (Lipinski definition) is 2. The van der Waals surface area contributed by atoms with Crippen LogP contribution in [0.15, 0.2) is 0 Å². The van der Waals surface area contributed by atoms with Gasteiger partial charge in [0.25, 0.3) is 0 Å². The maximum Gasteiger partial charge on any atom is 0.436 e.